The van der Waals surface area contributed by atoms with Gasteiger partial charge in [-0.15, -0.1) is 0 Å². The number of methoxy groups -OCH3 is 3. The number of benzene rings is 3. The van der Waals surface area contributed by atoms with Gasteiger partial charge in [-0.25, -0.2) is 17.5 Å². The summed E-state index contributed by atoms with van der Waals surface area (Å²) in [6.07, 6.45) is -1.68. The van der Waals surface area contributed by atoms with Crippen molar-refractivity contribution in [1.29, 1.82) is 0 Å². The molecule has 198 valence electrons. The van der Waals surface area contributed by atoms with Crippen LogP contribution in [0.25, 0.3) is 5.57 Å². The lowest BCUT2D eigenvalue weighted by Gasteiger charge is -2.33. The van der Waals surface area contributed by atoms with Crippen LogP contribution in [-0.4, -0.2) is 52.1 Å². The Labute approximate surface area is 218 Å². The molecular formula is C26H23NO10S. The number of fused-ring (bicyclic) bond motifs is 2. The molecule has 5 rings (SSSR count). The number of hydrogen-bond acceptors (Lipinski definition) is 9. The van der Waals surface area contributed by atoms with Crippen LogP contribution in [0.3, 0.4) is 0 Å². The molecule has 2 aliphatic rings. The molecule has 0 radical (unpaired) electrons. The van der Waals surface area contributed by atoms with E-state index in [-0.39, 0.29) is 40.9 Å². The highest BCUT2D eigenvalue weighted by atomic mass is 32.2. The van der Waals surface area contributed by atoms with Crippen LogP contribution in [0.5, 0.6) is 28.7 Å². The van der Waals surface area contributed by atoms with Crippen LogP contribution >= 0.6 is 0 Å². The van der Waals surface area contributed by atoms with Crippen molar-refractivity contribution in [3.05, 3.63) is 77.2 Å². The van der Waals surface area contributed by atoms with E-state index in [1.54, 1.807) is 48.5 Å². The van der Waals surface area contributed by atoms with E-state index in [9.17, 15) is 18.3 Å². The monoisotopic (exact) mass is 541 g/mol. The molecule has 0 unspecified atom stereocenters. The molecular weight excluding hydrogens is 518 g/mol. The van der Waals surface area contributed by atoms with E-state index < -0.39 is 22.1 Å². The standard InChI is InChI=1S/C26H23NO10S/c1-32-20-11-16(12-21(33-2)24(20)34-3)23-17-6-4-5-7-22(17)38(30,31)27(25(23)37-26(28)29)13-15-8-9-18-19(10-15)36-14-35-18/h4-12H,13-14H2,1-3H3,(H,28,29). The molecule has 0 saturated carbocycles. The first kappa shape index (κ1) is 25.1. The molecule has 3 aromatic carbocycles. The van der Waals surface area contributed by atoms with Gasteiger partial charge < -0.3 is 33.5 Å². The second-order valence-corrected chi connectivity index (χ2v) is 9.99. The van der Waals surface area contributed by atoms with Gasteiger partial charge in [-0.05, 0) is 41.5 Å². The maximum Gasteiger partial charge on any atom is 0.512 e. The summed E-state index contributed by atoms with van der Waals surface area (Å²) in [6.45, 7) is -0.198. The van der Waals surface area contributed by atoms with Gasteiger partial charge >= 0.3 is 6.16 Å². The Balaban J connectivity index is 1.78. The highest BCUT2D eigenvalue weighted by Gasteiger charge is 2.40. The van der Waals surface area contributed by atoms with Crippen molar-refractivity contribution in [2.24, 2.45) is 0 Å². The van der Waals surface area contributed by atoms with Gasteiger partial charge in [0.1, 0.15) is 0 Å². The van der Waals surface area contributed by atoms with Gasteiger partial charge in [0.05, 0.1) is 38.3 Å². The fourth-order valence-electron chi connectivity index (χ4n) is 4.42. The zero-order valence-electron chi connectivity index (χ0n) is 20.6. The fraction of sp³-hybridized carbons (Fsp3) is 0.192. The summed E-state index contributed by atoms with van der Waals surface area (Å²) in [7, 11) is 0.0847. The molecule has 0 aromatic heterocycles. The minimum Gasteiger partial charge on any atom is -0.493 e. The summed E-state index contributed by atoms with van der Waals surface area (Å²) >= 11 is 0. The van der Waals surface area contributed by atoms with Gasteiger partial charge in [0, 0.05) is 5.56 Å². The number of ether oxygens (including phenoxy) is 6. The summed E-state index contributed by atoms with van der Waals surface area (Å²) in [5.74, 6) is 1.47. The Morgan fingerprint density at radius 1 is 0.947 bits per heavy atom. The van der Waals surface area contributed by atoms with E-state index in [1.807, 2.05) is 0 Å². The first-order chi connectivity index (χ1) is 18.3. The van der Waals surface area contributed by atoms with E-state index in [0.717, 1.165) is 4.31 Å². The minimum atomic E-state index is -4.25. The molecule has 2 aliphatic heterocycles. The lowest BCUT2D eigenvalue weighted by Crippen LogP contribution is -2.36. The second kappa shape index (κ2) is 9.71. The number of rotatable bonds is 7. The van der Waals surface area contributed by atoms with Crippen LogP contribution in [0.4, 0.5) is 4.79 Å². The molecule has 2 heterocycles. The topological polar surface area (TPSA) is 130 Å². The lowest BCUT2D eigenvalue weighted by molar-refractivity contribution is 0.101. The number of nitrogens with zero attached hydrogens (tertiary/aromatic N) is 1. The highest BCUT2D eigenvalue weighted by Crippen LogP contribution is 2.46. The molecule has 3 aromatic rings. The third-order valence-corrected chi connectivity index (χ3v) is 7.85. The van der Waals surface area contributed by atoms with E-state index in [2.05, 4.69) is 0 Å². The molecule has 38 heavy (non-hydrogen) atoms. The van der Waals surface area contributed by atoms with E-state index in [4.69, 9.17) is 28.4 Å². The minimum absolute atomic E-state index is 0.0257. The van der Waals surface area contributed by atoms with Crippen molar-refractivity contribution in [1.82, 2.24) is 4.31 Å². The maximum atomic E-state index is 13.9. The largest absolute Gasteiger partial charge is 0.512 e. The van der Waals surface area contributed by atoms with Gasteiger partial charge in [0.15, 0.2) is 23.0 Å². The third-order valence-electron chi connectivity index (χ3n) is 6.07. The Bertz CT molecular complexity index is 1540. The zero-order chi connectivity index (χ0) is 27.0. The SMILES string of the molecule is COc1cc(C2=C(OC(=O)O)N(Cc3ccc4c(c3)OCO4)S(=O)(=O)c3ccccc32)cc(OC)c1OC. The van der Waals surface area contributed by atoms with Crippen LogP contribution in [0.15, 0.2) is 65.4 Å². The molecule has 0 saturated heterocycles. The summed E-state index contributed by atoms with van der Waals surface area (Å²) in [5.41, 5.74) is 1.36. The first-order valence-electron chi connectivity index (χ1n) is 11.2. The van der Waals surface area contributed by atoms with Crippen LogP contribution < -0.4 is 23.7 Å². The number of hydrogen-bond donors (Lipinski definition) is 1. The summed E-state index contributed by atoms with van der Waals surface area (Å²) < 4.78 is 61.0. The molecule has 11 nitrogen and oxygen atoms in total. The van der Waals surface area contributed by atoms with Crippen LogP contribution in [-0.2, 0) is 21.3 Å². The number of carboxylic acid groups (broad SMARTS) is 1. The maximum absolute atomic E-state index is 13.9. The molecule has 0 spiro atoms. The third kappa shape index (κ3) is 4.18. The van der Waals surface area contributed by atoms with E-state index >= 15 is 0 Å². The van der Waals surface area contributed by atoms with Gasteiger partial charge in [-0.1, -0.05) is 24.3 Å². The average molecular weight is 542 g/mol. The summed E-state index contributed by atoms with van der Waals surface area (Å²) in [4.78, 5) is 11.9. The van der Waals surface area contributed by atoms with Crippen molar-refractivity contribution in [2.45, 2.75) is 11.4 Å². The smallest absolute Gasteiger partial charge is 0.493 e. The van der Waals surface area contributed by atoms with Crippen LogP contribution in [0, 0.1) is 0 Å². The number of carbonyl (C=O) groups is 1. The van der Waals surface area contributed by atoms with Crippen molar-refractivity contribution < 1.29 is 46.7 Å². The Kier molecular flexibility index (Phi) is 6.41. The van der Waals surface area contributed by atoms with Gasteiger partial charge in [0.25, 0.3) is 10.0 Å². The first-order valence-corrected chi connectivity index (χ1v) is 12.7. The van der Waals surface area contributed by atoms with Crippen LogP contribution in [0.2, 0.25) is 0 Å². The fourth-order valence-corrected chi connectivity index (χ4v) is 6.02. The van der Waals surface area contributed by atoms with Crippen molar-refractivity contribution in [3.8, 4) is 28.7 Å². The number of sulfonamides is 1. The molecule has 0 amide bonds. The molecule has 1 N–H and O–H groups in total. The van der Waals surface area contributed by atoms with Crippen molar-refractivity contribution in [2.75, 3.05) is 28.1 Å². The molecule has 12 heteroatoms. The van der Waals surface area contributed by atoms with E-state index in [0.29, 0.717) is 28.4 Å². The average Bonchev–Trinajstić information content (AvgIpc) is 3.38. The van der Waals surface area contributed by atoms with Gasteiger partial charge in [0.2, 0.25) is 18.4 Å². The predicted octanol–water partition coefficient (Wildman–Crippen LogP) is 4.06. The zero-order valence-corrected chi connectivity index (χ0v) is 21.4. The Hall–Kier alpha value is -4.58. The molecule has 0 fully saturated rings. The van der Waals surface area contributed by atoms with Crippen molar-refractivity contribution >= 4 is 21.8 Å². The molecule has 0 aliphatic carbocycles. The molecule has 0 atom stereocenters. The van der Waals surface area contributed by atoms with E-state index in [1.165, 1.54) is 27.4 Å². The normalized spacial score (nSPS) is 15.1. The quantitative estimate of drug-likeness (QED) is 0.437. The summed E-state index contributed by atoms with van der Waals surface area (Å²) in [5, 5.41) is 9.66. The highest BCUT2D eigenvalue weighted by molar-refractivity contribution is 7.89. The van der Waals surface area contributed by atoms with Crippen LogP contribution in [0.1, 0.15) is 16.7 Å². The van der Waals surface area contributed by atoms with Crippen molar-refractivity contribution in [3.63, 3.8) is 0 Å². The molecule has 0 bridgehead atoms. The second-order valence-electron chi connectivity index (χ2n) is 8.16. The predicted molar refractivity (Wildman–Crippen MR) is 133 cm³/mol. The van der Waals surface area contributed by atoms with Gasteiger partial charge in [-0.3, -0.25) is 0 Å². The van der Waals surface area contributed by atoms with Gasteiger partial charge in [-0.2, -0.15) is 0 Å². The Morgan fingerprint density at radius 3 is 2.29 bits per heavy atom. The Morgan fingerprint density at radius 2 is 1.63 bits per heavy atom. The summed E-state index contributed by atoms with van der Waals surface area (Å²) in [6, 6.07) is 14.4. The lowest BCUT2D eigenvalue weighted by atomic mass is 9.96.